The second-order valence-corrected chi connectivity index (χ2v) is 5.15. The van der Waals surface area contributed by atoms with Gasteiger partial charge in [0.1, 0.15) is 0 Å². The van der Waals surface area contributed by atoms with E-state index in [4.69, 9.17) is 9.84 Å². The maximum absolute atomic E-state index is 11.0. The van der Waals surface area contributed by atoms with E-state index in [1.165, 1.54) is 6.07 Å². The number of benzene rings is 1. The first-order valence-corrected chi connectivity index (χ1v) is 6.02. The smallest absolute Gasteiger partial charge is 0.348 e. The second-order valence-electron chi connectivity index (χ2n) is 4.23. The third-order valence-electron chi connectivity index (χ3n) is 2.81. The Morgan fingerprint density at radius 1 is 1.56 bits per heavy atom. The molecule has 18 heavy (non-hydrogen) atoms. The summed E-state index contributed by atoms with van der Waals surface area (Å²) in [5, 5.41) is 20.0. The maximum Gasteiger partial charge on any atom is 0.348 e. The van der Waals surface area contributed by atoms with E-state index >= 15 is 0 Å². The van der Waals surface area contributed by atoms with Crippen molar-refractivity contribution in [2.75, 3.05) is 0 Å². The van der Waals surface area contributed by atoms with Crippen molar-refractivity contribution in [1.82, 2.24) is 0 Å². The zero-order valence-corrected chi connectivity index (χ0v) is 11.1. The Bertz CT molecular complexity index is 538. The van der Waals surface area contributed by atoms with E-state index in [-0.39, 0.29) is 11.4 Å². The normalized spacial score (nSPS) is 16.1. The summed E-state index contributed by atoms with van der Waals surface area (Å²) in [6.07, 6.45) is 0.740. The molecule has 1 aromatic carbocycles. The van der Waals surface area contributed by atoms with Crippen molar-refractivity contribution < 1.29 is 19.6 Å². The van der Waals surface area contributed by atoms with Crippen molar-refractivity contribution in [3.05, 3.63) is 32.3 Å². The van der Waals surface area contributed by atoms with E-state index in [9.17, 15) is 14.9 Å². The van der Waals surface area contributed by atoms with Gasteiger partial charge in [-0.1, -0.05) is 15.9 Å². The highest BCUT2D eigenvalue weighted by molar-refractivity contribution is 9.10. The lowest BCUT2D eigenvalue weighted by Gasteiger charge is -2.15. The third-order valence-corrected chi connectivity index (χ3v) is 3.27. The second kappa shape index (κ2) is 4.24. The van der Waals surface area contributed by atoms with Gasteiger partial charge in [-0.2, -0.15) is 0 Å². The van der Waals surface area contributed by atoms with Gasteiger partial charge in [0.2, 0.25) is 11.4 Å². The van der Waals surface area contributed by atoms with Gasteiger partial charge in [0, 0.05) is 23.4 Å². The van der Waals surface area contributed by atoms with Gasteiger partial charge in [0.05, 0.1) is 4.92 Å². The van der Waals surface area contributed by atoms with E-state index in [0.717, 1.165) is 0 Å². The predicted molar refractivity (Wildman–Crippen MR) is 65.8 cm³/mol. The van der Waals surface area contributed by atoms with E-state index in [2.05, 4.69) is 15.9 Å². The molecule has 0 amide bonds. The van der Waals surface area contributed by atoms with Crippen LogP contribution in [0.2, 0.25) is 0 Å². The fourth-order valence-electron chi connectivity index (χ4n) is 1.65. The molecule has 1 saturated carbocycles. The van der Waals surface area contributed by atoms with E-state index < -0.39 is 16.5 Å². The van der Waals surface area contributed by atoms with Crippen LogP contribution in [-0.2, 0) is 4.79 Å². The summed E-state index contributed by atoms with van der Waals surface area (Å²) in [6, 6.07) is 2.96. The first-order valence-electron chi connectivity index (χ1n) is 5.23. The van der Waals surface area contributed by atoms with E-state index in [1.54, 1.807) is 13.0 Å². The average molecular weight is 316 g/mol. The number of nitrogens with zero attached hydrogens (tertiary/aromatic N) is 1. The van der Waals surface area contributed by atoms with Crippen molar-refractivity contribution in [2.45, 2.75) is 25.4 Å². The number of aryl methyl sites for hydroxylation is 1. The highest BCUT2D eigenvalue weighted by atomic mass is 79.9. The number of carbonyl (C=O) groups is 1. The monoisotopic (exact) mass is 315 g/mol. The zero-order chi connectivity index (χ0) is 13.5. The number of halogens is 1. The molecular formula is C11H10BrNO5. The number of hydrogen-bond acceptors (Lipinski definition) is 4. The molecule has 1 aromatic rings. The Balaban J connectivity index is 2.44. The van der Waals surface area contributed by atoms with Gasteiger partial charge in [0.25, 0.3) is 0 Å². The number of nitro groups is 1. The van der Waals surface area contributed by atoms with Gasteiger partial charge >= 0.3 is 11.7 Å². The number of hydrogen-bond donors (Lipinski definition) is 1. The van der Waals surface area contributed by atoms with Crippen LogP contribution in [0.25, 0.3) is 0 Å². The van der Waals surface area contributed by atoms with Crippen molar-refractivity contribution >= 4 is 27.6 Å². The lowest BCUT2D eigenvalue weighted by atomic mass is 10.2. The van der Waals surface area contributed by atoms with Crippen LogP contribution >= 0.6 is 15.9 Å². The summed E-state index contributed by atoms with van der Waals surface area (Å²) >= 11 is 3.16. The van der Waals surface area contributed by atoms with Crippen molar-refractivity contribution in [3.8, 4) is 5.75 Å². The number of carboxylic acid groups (broad SMARTS) is 1. The summed E-state index contributed by atoms with van der Waals surface area (Å²) in [6.45, 7) is 1.64. The molecule has 7 heteroatoms. The molecule has 0 aromatic heterocycles. The Morgan fingerprint density at radius 2 is 2.17 bits per heavy atom. The highest BCUT2D eigenvalue weighted by Crippen LogP contribution is 2.45. The van der Waals surface area contributed by atoms with Gasteiger partial charge in [-0.3, -0.25) is 10.1 Å². The first kappa shape index (κ1) is 12.8. The summed E-state index contributed by atoms with van der Waals surface area (Å²) in [7, 11) is 0. The molecule has 1 aliphatic rings. The Morgan fingerprint density at radius 3 is 2.61 bits per heavy atom. The average Bonchev–Trinajstić information content (AvgIpc) is 3.02. The SMILES string of the molecule is Cc1cc(Br)cc([N+](=O)[O-])c1OC1(C(=O)O)CC1. The number of aliphatic carboxylic acids is 1. The fourth-order valence-corrected chi connectivity index (χ4v) is 2.21. The highest BCUT2D eigenvalue weighted by Gasteiger charge is 2.54. The molecular weight excluding hydrogens is 306 g/mol. The van der Waals surface area contributed by atoms with Crippen LogP contribution in [0.5, 0.6) is 5.75 Å². The zero-order valence-electron chi connectivity index (χ0n) is 9.47. The summed E-state index contributed by atoms with van der Waals surface area (Å²) in [5.74, 6) is -1.05. The Kier molecular flexibility index (Phi) is 3.02. The van der Waals surface area contributed by atoms with Crippen LogP contribution in [0.15, 0.2) is 16.6 Å². The van der Waals surface area contributed by atoms with Crippen LogP contribution in [-0.4, -0.2) is 21.6 Å². The van der Waals surface area contributed by atoms with Gasteiger partial charge in [0.15, 0.2) is 0 Å². The number of carboxylic acids is 1. The fraction of sp³-hybridized carbons (Fsp3) is 0.364. The number of ether oxygens (including phenoxy) is 1. The Hall–Kier alpha value is -1.63. The minimum atomic E-state index is -1.29. The standard InChI is InChI=1S/C11H10BrNO5/c1-6-4-7(12)5-8(13(16)17)9(6)18-11(2-3-11)10(14)15/h4-5H,2-3H2,1H3,(H,14,15). The van der Waals surface area contributed by atoms with Crippen molar-refractivity contribution in [1.29, 1.82) is 0 Å². The van der Waals surface area contributed by atoms with E-state index in [1.807, 2.05) is 0 Å². The predicted octanol–water partition coefficient (Wildman–Crippen LogP) is 2.66. The molecule has 2 rings (SSSR count). The topological polar surface area (TPSA) is 89.7 Å². The molecule has 0 heterocycles. The summed E-state index contributed by atoms with van der Waals surface area (Å²) in [4.78, 5) is 21.4. The molecule has 0 radical (unpaired) electrons. The molecule has 0 saturated heterocycles. The molecule has 1 fully saturated rings. The molecule has 96 valence electrons. The number of rotatable bonds is 4. The third kappa shape index (κ3) is 2.17. The first-order chi connectivity index (χ1) is 8.35. The molecule has 0 aliphatic heterocycles. The molecule has 1 aliphatic carbocycles. The van der Waals surface area contributed by atoms with Gasteiger partial charge in [-0.25, -0.2) is 4.79 Å². The number of nitro benzene ring substituents is 1. The van der Waals surface area contributed by atoms with Crippen LogP contribution in [0.4, 0.5) is 5.69 Å². The molecule has 0 spiro atoms. The van der Waals surface area contributed by atoms with Crippen molar-refractivity contribution in [2.24, 2.45) is 0 Å². The molecule has 6 nitrogen and oxygen atoms in total. The molecule has 0 atom stereocenters. The lowest BCUT2D eigenvalue weighted by Crippen LogP contribution is -2.29. The summed E-state index contributed by atoms with van der Waals surface area (Å²) in [5.41, 5.74) is -0.985. The van der Waals surface area contributed by atoms with Gasteiger partial charge < -0.3 is 9.84 Å². The minimum absolute atomic E-state index is 0.0306. The van der Waals surface area contributed by atoms with Crippen molar-refractivity contribution in [3.63, 3.8) is 0 Å². The molecule has 0 unspecified atom stereocenters. The van der Waals surface area contributed by atoms with Crippen LogP contribution in [0.1, 0.15) is 18.4 Å². The lowest BCUT2D eigenvalue weighted by molar-refractivity contribution is -0.386. The van der Waals surface area contributed by atoms with Crippen LogP contribution in [0.3, 0.4) is 0 Å². The van der Waals surface area contributed by atoms with Crippen LogP contribution in [0, 0.1) is 17.0 Å². The minimum Gasteiger partial charge on any atom is -0.478 e. The van der Waals surface area contributed by atoms with Crippen LogP contribution < -0.4 is 4.74 Å². The summed E-state index contributed by atoms with van der Waals surface area (Å²) < 4.78 is 5.95. The largest absolute Gasteiger partial charge is 0.478 e. The molecule has 0 bridgehead atoms. The quantitative estimate of drug-likeness (QED) is 0.681. The van der Waals surface area contributed by atoms with E-state index in [0.29, 0.717) is 22.9 Å². The van der Waals surface area contributed by atoms with Gasteiger partial charge in [-0.05, 0) is 18.6 Å². The maximum atomic E-state index is 11.0. The Labute approximate surface area is 111 Å². The molecule has 1 N–H and O–H groups in total. The van der Waals surface area contributed by atoms with Gasteiger partial charge in [-0.15, -0.1) is 0 Å².